The van der Waals surface area contributed by atoms with E-state index in [2.05, 4.69) is 104 Å². The molecule has 4 nitrogen and oxygen atoms in total. The third-order valence-electron chi connectivity index (χ3n) is 8.36. The van der Waals surface area contributed by atoms with Gasteiger partial charge >= 0.3 is 7.60 Å². The van der Waals surface area contributed by atoms with Crippen LogP contribution in [0.5, 0.6) is 0 Å². The van der Waals surface area contributed by atoms with Crippen molar-refractivity contribution in [3.8, 4) is 11.1 Å². The molecule has 1 aliphatic heterocycles. The number of hydrogen-bond donors (Lipinski definition) is 0. The first-order valence-corrected chi connectivity index (χ1v) is 16.2. The number of hydrogen-bond acceptors (Lipinski definition) is 4. The second-order valence-corrected chi connectivity index (χ2v) is 13.1. The molecule has 0 unspecified atom stereocenters. The van der Waals surface area contributed by atoms with Gasteiger partial charge in [-0.15, -0.1) is 0 Å². The van der Waals surface area contributed by atoms with Crippen molar-refractivity contribution in [1.29, 1.82) is 0 Å². The normalized spacial score (nSPS) is 14.6. The summed E-state index contributed by atoms with van der Waals surface area (Å²) in [6.07, 6.45) is 2.09. The van der Waals surface area contributed by atoms with Crippen LogP contribution in [-0.4, -0.2) is 25.9 Å². The number of aryl methyl sites for hydroxylation is 2. The highest BCUT2D eigenvalue weighted by atomic mass is 31.2. The summed E-state index contributed by atoms with van der Waals surface area (Å²) in [7, 11) is -3.05. The molecule has 5 heteroatoms. The molecule has 0 bridgehead atoms. The predicted octanol–water partition coefficient (Wildman–Crippen LogP) is 9.16. The Morgan fingerprint density at radius 1 is 0.675 bits per heavy atom. The third kappa shape index (κ3) is 4.25. The first-order valence-electron chi connectivity index (χ1n) is 14.5. The zero-order chi connectivity index (χ0) is 27.9. The number of anilines is 2. The quantitative estimate of drug-likeness (QED) is 0.135. The SMILES string of the molecule is CCOP(=O)(CCCCN1c2ccc(C)cc2C2(c3ccccc3-c3ccccc32)c2cc(C)ccc21)OCC. The maximum Gasteiger partial charge on any atom is 0.330 e. The Bertz CT molecular complexity index is 1500. The molecule has 0 aromatic heterocycles. The molecule has 1 aliphatic carbocycles. The van der Waals surface area contributed by atoms with Crippen molar-refractivity contribution >= 4 is 19.0 Å². The number of rotatable bonds is 9. The Labute approximate surface area is 238 Å². The van der Waals surface area contributed by atoms with Crippen molar-refractivity contribution < 1.29 is 13.6 Å². The summed E-state index contributed by atoms with van der Waals surface area (Å²) in [4.78, 5) is 2.48. The van der Waals surface area contributed by atoms with Crippen LogP contribution in [0.4, 0.5) is 11.4 Å². The zero-order valence-corrected chi connectivity index (χ0v) is 24.8. The van der Waals surface area contributed by atoms with Crippen molar-refractivity contribution in [3.63, 3.8) is 0 Å². The fourth-order valence-corrected chi connectivity index (χ4v) is 8.57. The molecule has 0 saturated heterocycles. The number of unbranched alkanes of at least 4 members (excludes halogenated alkanes) is 1. The van der Waals surface area contributed by atoms with Crippen LogP contribution in [0.25, 0.3) is 11.1 Å². The summed E-state index contributed by atoms with van der Waals surface area (Å²) in [5, 5.41) is 0. The fourth-order valence-electron chi connectivity index (χ4n) is 6.84. The Morgan fingerprint density at radius 3 is 1.68 bits per heavy atom. The van der Waals surface area contributed by atoms with Crippen LogP contribution in [0.3, 0.4) is 0 Å². The van der Waals surface area contributed by atoms with Gasteiger partial charge in [0.1, 0.15) is 0 Å². The van der Waals surface area contributed by atoms with Gasteiger partial charge in [-0.2, -0.15) is 0 Å². The summed E-state index contributed by atoms with van der Waals surface area (Å²) < 4.78 is 24.2. The molecule has 6 rings (SSSR count). The van der Waals surface area contributed by atoms with Crippen molar-refractivity contribution in [2.75, 3.05) is 30.8 Å². The van der Waals surface area contributed by atoms with Gasteiger partial charge in [-0.3, -0.25) is 4.57 Å². The largest absolute Gasteiger partial charge is 0.341 e. The molecule has 40 heavy (non-hydrogen) atoms. The van der Waals surface area contributed by atoms with Gasteiger partial charge < -0.3 is 13.9 Å². The third-order valence-corrected chi connectivity index (χ3v) is 10.5. The highest BCUT2D eigenvalue weighted by Crippen LogP contribution is 2.62. The number of nitrogens with zero attached hydrogens (tertiary/aromatic N) is 1. The van der Waals surface area contributed by atoms with E-state index in [-0.39, 0.29) is 5.41 Å². The maximum absolute atomic E-state index is 13.1. The summed E-state index contributed by atoms with van der Waals surface area (Å²) >= 11 is 0. The highest BCUT2D eigenvalue weighted by molar-refractivity contribution is 7.53. The first kappa shape index (κ1) is 27.0. The van der Waals surface area contributed by atoms with Crippen LogP contribution in [-0.2, 0) is 19.0 Å². The van der Waals surface area contributed by atoms with Crippen LogP contribution >= 0.6 is 7.60 Å². The average Bonchev–Trinajstić information content (AvgIpc) is 3.24. The Morgan fingerprint density at radius 2 is 1.18 bits per heavy atom. The summed E-state index contributed by atoms with van der Waals surface area (Å²) in [5.41, 5.74) is 12.6. The molecule has 4 aromatic rings. The van der Waals surface area contributed by atoms with Gasteiger partial charge in [-0.1, -0.05) is 83.9 Å². The van der Waals surface area contributed by atoms with E-state index in [1.807, 2.05) is 13.8 Å². The van der Waals surface area contributed by atoms with Gasteiger partial charge in [0.2, 0.25) is 0 Å². The molecule has 206 valence electrons. The monoisotopic (exact) mass is 551 g/mol. The van der Waals surface area contributed by atoms with E-state index in [1.54, 1.807) is 0 Å². The van der Waals surface area contributed by atoms with Gasteiger partial charge in [0, 0.05) is 17.9 Å². The highest BCUT2D eigenvalue weighted by Gasteiger charge is 2.51. The molecule has 1 heterocycles. The van der Waals surface area contributed by atoms with Crippen molar-refractivity contribution in [2.24, 2.45) is 0 Å². The lowest BCUT2D eigenvalue weighted by atomic mass is 9.64. The summed E-state index contributed by atoms with van der Waals surface area (Å²) in [6.45, 7) is 9.73. The van der Waals surface area contributed by atoms with Gasteiger partial charge in [0.15, 0.2) is 0 Å². The van der Waals surface area contributed by atoms with Crippen molar-refractivity contribution in [2.45, 2.75) is 46.0 Å². The molecular formula is C35H38NO3P. The maximum atomic E-state index is 13.1. The fraction of sp³-hybridized carbons (Fsp3) is 0.314. The van der Waals surface area contributed by atoms with E-state index in [0.29, 0.717) is 19.4 Å². The van der Waals surface area contributed by atoms with Gasteiger partial charge in [0.05, 0.1) is 24.8 Å². The molecule has 4 aromatic carbocycles. The standard InChI is InChI=1S/C35H38NO3P/c1-5-38-40(37,39-6-2)22-12-11-21-36-33-19-17-25(3)23-31(33)35(32-24-26(4)18-20-34(32)36)29-15-9-7-13-27(29)28-14-8-10-16-30(28)35/h7-10,13-20,23-24H,5-6,11-12,21-22H2,1-4H3. The van der Waals surface area contributed by atoms with E-state index in [4.69, 9.17) is 9.05 Å². The zero-order valence-electron chi connectivity index (χ0n) is 23.9. The van der Waals surface area contributed by atoms with Crippen LogP contribution in [0, 0.1) is 13.8 Å². The van der Waals surface area contributed by atoms with Crippen LogP contribution < -0.4 is 4.90 Å². The molecule has 2 aliphatic rings. The average molecular weight is 552 g/mol. The number of benzene rings is 4. The van der Waals surface area contributed by atoms with Crippen LogP contribution in [0.2, 0.25) is 0 Å². The van der Waals surface area contributed by atoms with Crippen LogP contribution in [0.1, 0.15) is 60.1 Å². The molecule has 0 atom stereocenters. The van der Waals surface area contributed by atoms with E-state index < -0.39 is 7.60 Å². The van der Waals surface area contributed by atoms with Gasteiger partial charge in [-0.25, -0.2) is 0 Å². The van der Waals surface area contributed by atoms with E-state index in [1.165, 1.54) is 55.9 Å². The molecule has 0 saturated carbocycles. The molecule has 0 fully saturated rings. The Kier molecular flexibility index (Phi) is 7.21. The lowest BCUT2D eigenvalue weighted by Crippen LogP contribution is -2.38. The van der Waals surface area contributed by atoms with E-state index in [0.717, 1.165) is 19.4 Å². The van der Waals surface area contributed by atoms with Crippen molar-refractivity contribution in [1.82, 2.24) is 0 Å². The minimum Gasteiger partial charge on any atom is -0.341 e. The molecule has 1 spiro atoms. The van der Waals surface area contributed by atoms with E-state index >= 15 is 0 Å². The Balaban J connectivity index is 1.48. The summed E-state index contributed by atoms with van der Waals surface area (Å²) in [6, 6.07) is 31.7. The minimum atomic E-state index is -3.05. The lowest BCUT2D eigenvalue weighted by molar-refractivity contribution is 0.219. The second kappa shape index (κ2) is 10.7. The van der Waals surface area contributed by atoms with Gasteiger partial charge in [0.25, 0.3) is 0 Å². The molecule has 0 radical (unpaired) electrons. The van der Waals surface area contributed by atoms with E-state index in [9.17, 15) is 4.57 Å². The van der Waals surface area contributed by atoms with Gasteiger partial charge in [-0.05, 0) is 86.1 Å². The summed E-state index contributed by atoms with van der Waals surface area (Å²) in [5.74, 6) is 0. The predicted molar refractivity (Wildman–Crippen MR) is 165 cm³/mol. The lowest BCUT2D eigenvalue weighted by Gasteiger charge is -2.45. The smallest absolute Gasteiger partial charge is 0.330 e. The topological polar surface area (TPSA) is 38.8 Å². The second-order valence-electron chi connectivity index (χ2n) is 10.9. The minimum absolute atomic E-state index is 0.383. The molecular weight excluding hydrogens is 513 g/mol. The van der Waals surface area contributed by atoms with Crippen LogP contribution in [0.15, 0.2) is 84.9 Å². The molecule has 0 amide bonds. The van der Waals surface area contributed by atoms with Crippen molar-refractivity contribution in [3.05, 3.63) is 118 Å². The Hall–Kier alpha value is -3.17. The first-order chi connectivity index (χ1) is 19.4. The number of fused-ring (bicyclic) bond motifs is 9. The molecule has 0 N–H and O–H groups in total.